The van der Waals surface area contributed by atoms with Gasteiger partial charge in [0.25, 0.3) is 5.56 Å². The van der Waals surface area contributed by atoms with Gasteiger partial charge in [-0.05, 0) is 32.1 Å². The highest BCUT2D eigenvalue weighted by atomic mass is 16.1. The Kier molecular flexibility index (Phi) is 3.60. The first kappa shape index (κ1) is 13.8. The fraction of sp³-hybridized carbons (Fsp3) is 0.688. The van der Waals surface area contributed by atoms with Crippen molar-refractivity contribution in [2.45, 2.75) is 57.4 Å². The lowest BCUT2D eigenvalue weighted by Gasteiger charge is -2.27. The van der Waals surface area contributed by atoms with E-state index in [0.717, 1.165) is 37.5 Å². The predicted molar refractivity (Wildman–Crippen MR) is 86.3 cm³/mol. The molecule has 22 heavy (non-hydrogen) atoms. The lowest BCUT2D eigenvalue weighted by Crippen LogP contribution is -2.32. The lowest BCUT2D eigenvalue weighted by atomic mass is 9.96. The Hall–Kier alpha value is -1.85. The number of rotatable bonds is 2. The van der Waals surface area contributed by atoms with Crippen LogP contribution in [0.1, 0.15) is 57.4 Å². The Labute approximate surface area is 129 Å². The molecule has 2 aromatic rings. The van der Waals surface area contributed by atoms with Crippen molar-refractivity contribution < 1.29 is 0 Å². The molecular formula is C16H23N5O. The largest absolute Gasteiger partial charge is 0.342 e. The molecular weight excluding hydrogens is 278 g/mol. The van der Waals surface area contributed by atoms with Crippen molar-refractivity contribution in [2.75, 3.05) is 18.0 Å². The lowest BCUT2D eigenvalue weighted by molar-refractivity contribution is 0.336. The van der Waals surface area contributed by atoms with E-state index in [2.05, 4.69) is 15.0 Å². The van der Waals surface area contributed by atoms with Crippen LogP contribution >= 0.6 is 0 Å². The van der Waals surface area contributed by atoms with E-state index in [0.29, 0.717) is 11.4 Å². The van der Waals surface area contributed by atoms with E-state index in [1.165, 1.54) is 38.5 Å². The molecule has 2 fully saturated rings. The summed E-state index contributed by atoms with van der Waals surface area (Å²) in [5.74, 6) is 0.717. The topological polar surface area (TPSA) is 66.8 Å². The van der Waals surface area contributed by atoms with Crippen LogP contribution in [0.3, 0.4) is 0 Å². The zero-order valence-corrected chi connectivity index (χ0v) is 12.9. The third-order valence-corrected chi connectivity index (χ3v) is 5.03. The molecule has 0 bridgehead atoms. The predicted octanol–water partition coefficient (Wildman–Crippen LogP) is 2.62. The number of hydrogen-bond donors (Lipinski definition) is 1. The van der Waals surface area contributed by atoms with E-state index < -0.39 is 0 Å². The molecule has 1 saturated carbocycles. The van der Waals surface area contributed by atoms with Crippen molar-refractivity contribution >= 4 is 17.0 Å². The number of anilines is 1. The van der Waals surface area contributed by atoms with Crippen molar-refractivity contribution in [3.8, 4) is 0 Å². The molecule has 1 aliphatic carbocycles. The highest BCUT2D eigenvalue weighted by Gasteiger charge is 2.21. The zero-order valence-electron chi connectivity index (χ0n) is 12.9. The van der Waals surface area contributed by atoms with Gasteiger partial charge < -0.3 is 4.90 Å². The molecule has 1 N–H and O–H groups in total. The molecule has 0 unspecified atom stereocenters. The number of aromatic nitrogens is 4. The molecule has 2 aromatic heterocycles. The van der Waals surface area contributed by atoms with Gasteiger partial charge in [0.1, 0.15) is 5.39 Å². The number of hydrogen-bond acceptors (Lipinski definition) is 4. The van der Waals surface area contributed by atoms with Crippen LogP contribution in [0, 0.1) is 0 Å². The van der Waals surface area contributed by atoms with Gasteiger partial charge in [-0.2, -0.15) is 10.1 Å². The van der Waals surface area contributed by atoms with Gasteiger partial charge in [0.05, 0.1) is 12.2 Å². The van der Waals surface area contributed by atoms with Crippen molar-refractivity contribution in [1.82, 2.24) is 19.7 Å². The molecule has 6 heteroatoms. The Morgan fingerprint density at radius 3 is 2.55 bits per heavy atom. The van der Waals surface area contributed by atoms with Crippen LogP contribution in [-0.2, 0) is 0 Å². The number of H-pyrrole nitrogens is 1. The summed E-state index contributed by atoms with van der Waals surface area (Å²) in [5.41, 5.74) is 0.698. The zero-order chi connectivity index (χ0) is 14.9. The minimum atomic E-state index is -0.0624. The van der Waals surface area contributed by atoms with Crippen LogP contribution in [-0.4, -0.2) is 32.8 Å². The fourth-order valence-corrected chi connectivity index (χ4v) is 3.77. The molecule has 1 saturated heterocycles. The van der Waals surface area contributed by atoms with E-state index in [9.17, 15) is 4.79 Å². The molecule has 118 valence electrons. The maximum atomic E-state index is 12.4. The van der Waals surface area contributed by atoms with E-state index in [1.54, 1.807) is 6.20 Å². The average Bonchev–Trinajstić information content (AvgIpc) is 3.01. The minimum absolute atomic E-state index is 0.0624. The first-order valence-corrected chi connectivity index (χ1v) is 8.55. The highest BCUT2D eigenvalue weighted by molar-refractivity contribution is 5.74. The summed E-state index contributed by atoms with van der Waals surface area (Å²) in [5, 5.41) is 5.10. The van der Waals surface area contributed by atoms with Gasteiger partial charge in [-0.25, -0.2) is 4.68 Å². The van der Waals surface area contributed by atoms with E-state index >= 15 is 0 Å². The quantitative estimate of drug-likeness (QED) is 0.926. The third kappa shape index (κ3) is 2.40. The van der Waals surface area contributed by atoms with Crippen LogP contribution in [0.2, 0.25) is 0 Å². The third-order valence-electron chi connectivity index (χ3n) is 5.03. The molecule has 4 rings (SSSR count). The van der Waals surface area contributed by atoms with Crippen molar-refractivity contribution in [3.05, 3.63) is 16.6 Å². The average molecular weight is 301 g/mol. The number of nitrogens with zero attached hydrogens (tertiary/aromatic N) is 4. The van der Waals surface area contributed by atoms with Crippen molar-refractivity contribution in [2.24, 2.45) is 0 Å². The molecule has 0 atom stereocenters. The van der Waals surface area contributed by atoms with E-state index in [1.807, 2.05) is 4.68 Å². The summed E-state index contributed by atoms with van der Waals surface area (Å²) in [4.78, 5) is 22.3. The van der Waals surface area contributed by atoms with Gasteiger partial charge in [-0.15, -0.1) is 0 Å². The number of fused-ring (bicyclic) bond motifs is 1. The van der Waals surface area contributed by atoms with Crippen LogP contribution in [0.4, 0.5) is 5.95 Å². The van der Waals surface area contributed by atoms with Gasteiger partial charge >= 0.3 is 0 Å². The number of piperidine rings is 1. The molecule has 0 amide bonds. The smallest absolute Gasteiger partial charge is 0.263 e. The Morgan fingerprint density at radius 2 is 1.77 bits per heavy atom. The fourth-order valence-electron chi connectivity index (χ4n) is 3.77. The number of nitrogens with one attached hydrogen (secondary N) is 1. The second-order valence-corrected chi connectivity index (χ2v) is 6.56. The first-order valence-electron chi connectivity index (χ1n) is 8.55. The summed E-state index contributed by atoms with van der Waals surface area (Å²) < 4.78 is 2.00. The van der Waals surface area contributed by atoms with Gasteiger partial charge in [-0.1, -0.05) is 19.3 Å². The second kappa shape index (κ2) is 5.74. The molecule has 0 aromatic carbocycles. The summed E-state index contributed by atoms with van der Waals surface area (Å²) in [6.07, 6.45) is 11.4. The highest BCUT2D eigenvalue weighted by Crippen LogP contribution is 2.29. The first-order chi connectivity index (χ1) is 10.8. The monoisotopic (exact) mass is 301 g/mol. The Balaban J connectivity index is 1.75. The van der Waals surface area contributed by atoms with Gasteiger partial charge in [0, 0.05) is 13.1 Å². The maximum absolute atomic E-state index is 12.4. The molecule has 1 aliphatic heterocycles. The van der Waals surface area contributed by atoms with Gasteiger partial charge in [0.15, 0.2) is 5.65 Å². The molecule has 3 heterocycles. The Morgan fingerprint density at radius 1 is 1.05 bits per heavy atom. The molecule has 0 spiro atoms. The second-order valence-electron chi connectivity index (χ2n) is 6.56. The minimum Gasteiger partial charge on any atom is -0.342 e. The summed E-state index contributed by atoms with van der Waals surface area (Å²) in [6, 6.07) is 0.398. The molecule has 2 aliphatic rings. The normalized spacial score (nSPS) is 20.6. The van der Waals surface area contributed by atoms with E-state index in [4.69, 9.17) is 4.98 Å². The molecule has 6 nitrogen and oxygen atoms in total. The van der Waals surface area contributed by atoms with Crippen LogP contribution in [0.15, 0.2) is 11.0 Å². The van der Waals surface area contributed by atoms with Crippen LogP contribution in [0.5, 0.6) is 0 Å². The van der Waals surface area contributed by atoms with Gasteiger partial charge in [0.2, 0.25) is 5.95 Å². The standard InChI is InChI=1S/C16H23N5O/c22-15-13-11-17-21(12-7-3-1-4-8-12)14(13)18-16(19-15)20-9-5-2-6-10-20/h11-12H,1-10H2,(H,18,19,22). The van der Waals surface area contributed by atoms with Crippen LogP contribution < -0.4 is 10.5 Å². The summed E-state index contributed by atoms with van der Waals surface area (Å²) >= 11 is 0. The number of aromatic amines is 1. The maximum Gasteiger partial charge on any atom is 0.263 e. The summed E-state index contributed by atoms with van der Waals surface area (Å²) in [7, 11) is 0. The van der Waals surface area contributed by atoms with Crippen molar-refractivity contribution in [1.29, 1.82) is 0 Å². The van der Waals surface area contributed by atoms with Gasteiger partial charge in [-0.3, -0.25) is 9.78 Å². The summed E-state index contributed by atoms with van der Waals surface area (Å²) in [6.45, 7) is 1.96. The van der Waals surface area contributed by atoms with Crippen molar-refractivity contribution in [3.63, 3.8) is 0 Å². The van der Waals surface area contributed by atoms with Crippen LogP contribution in [0.25, 0.3) is 11.0 Å². The SMILES string of the molecule is O=c1[nH]c(N2CCCCC2)nc2c1cnn2C1CCCCC1. The molecule has 0 radical (unpaired) electrons. The van der Waals surface area contributed by atoms with E-state index in [-0.39, 0.29) is 5.56 Å². The Bertz CT molecular complexity index is 707.